The maximum Gasteiger partial charge on any atom is 0.275 e. The monoisotopic (exact) mass is 331 g/mol. The molecule has 1 aromatic rings. The first-order valence-electron chi connectivity index (χ1n) is 6.91. The van der Waals surface area contributed by atoms with Gasteiger partial charge in [0, 0.05) is 33.8 Å². The van der Waals surface area contributed by atoms with Gasteiger partial charge in [0.1, 0.15) is 5.76 Å². The molecule has 8 heteroatoms. The zero-order chi connectivity index (χ0) is 17.3. The van der Waals surface area contributed by atoms with Gasteiger partial charge >= 0.3 is 0 Å². The number of aryl methyl sites for hydroxylation is 1. The van der Waals surface area contributed by atoms with Gasteiger partial charge in [0.05, 0.1) is 5.56 Å². The number of carbonyl (C=O) groups excluding carboxylic acids is 1. The second-order valence-electron chi connectivity index (χ2n) is 6.35. The fraction of sp³-hybridized carbons (Fsp3) is 0.643. The number of sulfonamides is 1. The Morgan fingerprint density at radius 3 is 2.32 bits per heavy atom. The molecule has 126 valence electrons. The summed E-state index contributed by atoms with van der Waals surface area (Å²) in [6.45, 7) is 6.39. The van der Waals surface area contributed by atoms with Crippen molar-refractivity contribution in [2.45, 2.75) is 25.9 Å². The van der Waals surface area contributed by atoms with Crippen LogP contribution in [0.5, 0.6) is 0 Å². The average molecular weight is 331 g/mol. The van der Waals surface area contributed by atoms with Gasteiger partial charge in [-0.2, -0.15) is 0 Å². The molecular weight excluding hydrogens is 306 g/mol. The molecule has 0 saturated carbocycles. The predicted octanol–water partition coefficient (Wildman–Crippen LogP) is 0.895. The SMILES string of the molecule is Cc1oc(S(=O)(=O)N(C)C)cc1C(=O)N(C)CC(C)(C)CN. The van der Waals surface area contributed by atoms with Crippen molar-refractivity contribution in [3.63, 3.8) is 0 Å². The van der Waals surface area contributed by atoms with Gasteiger partial charge in [-0.25, -0.2) is 12.7 Å². The van der Waals surface area contributed by atoms with Crippen LogP contribution in [0.4, 0.5) is 0 Å². The molecule has 1 aromatic heterocycles. The summed E-state index contributed by atoms with van der Waals surface area (Å²) in [4.78, 5) is 14.0. The molecule has 0 bridgehead atoms. The first-order chi connectivity index (χ1) is 9.92. The van der Waals surface area contributed by atoms with E-state index in [0.717, 1.165) is 4.31 Å². The van der Waals surface area contributed by atoms with Crippen LogP contribution in [-0.4, -0.2) is 57.8 Å². The van der Waals surface area contributed by atoms with Crippen molar-refractivity contribution < 1.29 is 17.6 Å². The standard InChI is InChI=1S/C14H25N3O4S/c1-10-11(7-12(21-10)22(19,20)16(4)5)13(18)17(6)9-14(2,3)8-15/h7H,8-9,15H2,1-6H3. The number of furan rings is 1. The Hall–Kier alpha value is -1.38. The normalized spacial score (nSPS) is 12.7. The summed E-state index contributed by atoms with van der Waals surface area (Å²) in [7, 11) is 0.772. The third-order valence-corrected chi connectivity index (χ3v) is 5.10. The number of rotatable bonds is 6. The number of nitrogens with two attached hydrogens (primary N) is 1. The predicted molar refractivity (Wildman–Crippen MR) is 84.1 cm³/mol. The molecule has 2 N–H and O–H groups in total. The number of hydrogen-bond acceptors (Lipinski definition) is 5. The zero-order valence-corrected chi connectivity index (χ0v) is 14.8. The van der Waals surface area contributed by atoms with Gasteiger partial charge in [0.25, 0.3) is 15.9 Å². The minimum atomic E-state index is -3.70. The topological polar surface area (TPSA) is 96.8 Å². The van der Waals surface area contributed by atoms with Gasteiger partial charge in [-0.1, -0.05) is 13.8 Å². The third-order valence-electron chi connectivity index (χ3n) is 3.43. The van der Waals surface area contributed by atoms with E-state index in [4.69, 9.17) is 10.2 Å². The molecule has 0 fully saturated rings. The van der Waals surface area contributed by atoms with Gasteiger partial charge in [-0.3, -0.25) is 4.79 Å². The molecule has 0 aromatic carbocycles. The summed E-state index contributed by atoms with van der Waals surface area (Å²) in [5, 5.41) is -0.232. The smallest absolute Gasteiger partial charge is 0.275 e. The van der Waals surface area contributed by atoms with E-state index in [-0.39, 0.29) is 27.7 Å². The van der Waals surface area contributed by atoms with Crippen molar-refractivity contribution in [1.82, 2.24) is 9.21 Å². The Morgan fingerprint density at radius 1 is 1.32 bits per heavy atom. The highest BCUT2D eigenvalue weighted by molar-refractivity contribution is 7.88. The molecule has 1 amide bonds. The van der Waals surface area contributed by atoms with Crippen LogP contribution < -0.4 is 5.73 Å². The van der Waals surface area contributed by atoms with E-state index in [1.54, 1.807) is 14.0 Å². The Balaban J connectivity index is 3.09. The average Bonchev–Trinajstić information content (AvgIpc) is 2.79. The van der Waals surface area contributed by atoms with Crippen LogP contribution in [0.1, 0.15) is 30.0 Å². The number of carbonyl (C=O) groups is 1. The quantitative estimate of drug-likeness (QED) is 0.835. The van der Waals surface area contributed by atoms with E-state index < -0.39 is 10.0 Å². The highest BCUT2D eigenvalue weighted by Gasteiger charge is 2.28. The molecule has 0 radical (unpaired) electrons. The van der Waals surface area contributed by atoms with Crippen molar-refractivity contribution in [1.29, 1.82) is 0 Å². The summed E-state index contributed by atoms with van der Waals surface area (Å²) in [5.41, 5.74) is 5.70. The first kappa shape index (κ1) is 18.7. The molecule has 22 heavy (non-hydrogen) atoms. The molecule has 0 unspecified atom stereocenters. The fourth-order valence-electron chi connectivity index (χ4n) is 1.96. The Morgan fingerprint density at radius 2 is 1.86 bits per heavy atom. The summed E-state index contributed by atoms with van der Waals surface area (Å²) in [5.74, 6) is -0.00851. The van der Waals surface area contributed by atoms with E-state index in [0.29, 0.717) is 13.1 Å². The van der Waals surface area contributed by atoms with E-state index in [1.807, 2.05) is 13.8 Å². The summed E-state index contributed by atoms with van der Waals surface area (Å²) < 4.78 is 30.4. The number of amides is 1. The third kappa shape index (κ3) is 3.88. The second-order valence-corrected chi connectivity index (χ2v) is 8.44. The lowest BCUT2D eigenvalue weighted by Gasteiger charge is -2.28. The van der Waals surface area contributed by atoms with Gasteiger partial charge in [0.2, 0.25) is 5.09 Å². The maximum absolute atomic E-state index is 12.5. The summed E-state index contributed by atoms with van der Waals surface area (Å²) >= 11 is 0. The highest BCUT2D eigenvalue weighted by atomic mass is 32.2. The largest absolute Gasteiger partial charge is 0.448 e. The van der Waals surface area contributed by atoms with Gasteiger partial charge in [-0.15, -0.1) is 0 Å². The molecule has 1 heterocycles. The zero-order valence-electron chi connectivity index (χ0n) is 14.0. The minimum absolute atomic E-state index is 0.222. The molecule has 0 saturated heterocycles. The second kappa shape index (κ2) is 6.39. The highest BCUT2D eigenvalue weighted by Crippen LogP contribution is 2.23. The summed E-state index contributed by atoms with van der Waals surface area (Å²) in [6, 6.07) is 1.28. The van der Waals surface area contributed by atoms with Crippen LogP contribution in [0.2, 0.25) is 0 Å². The van der Waals surface area contributed by atoms with Crippen molar-refractivity contribution >= 4 is 15.9 Å². The minimum Gasteiger partial charge on any atom is -0.448 e. The number of nitrogens with zero attached hydrogens (tertiary/aromatic N) is 2. The van der Waals surface area contributed by atoms with Gasteiger partial charge < -0.3 is 15.1 Å². The van der Waals surface area contributed by atoms with Crippen LogP contribution in [0, 0.1) is 12.3 Å². The molecular formula is C14H25N3O4S. The van der Waals surface area contributed by atoms with Crippen molar-refractivity contribution in [3.8, 4) is 0 Å². The Labute approximate surface area is 132 Å². The van der Waals surface area contributed by atoms with Gasteiger partial charge in [0.15, 0.2) is 0 Å². The molecule has 1 rings (SSSR count). The van der Waals surface area contributed by atoms with E-state index in [2.05, 4.69) is 0 Å². The Kier molecular flexibility index (Phi) is 5.42. The van der Waals surface area contributed by atoms with Gasteiger partial charge in [-0.05, 0) is 18.9 Å². The van der Waals surface area contributed by atoms with Crippen molar-refractivity contribution in [2.24, 2.45) is 11.1 Å². The van der Waals surface area contributed by atoms with Crippen LogP contribution in [-0.2, 0) is 10.0 Å². The van der Waals surface area contributed by atoms with Crippen LogP contribution >= 0.6 is 0 Å². The lowest BCUT2D eigenvalue weighted by molar-refractivity contribution is 0.0739. The summed E-state index contributed by atoms with van der Waals surface area (Å²) in [6.07, 6.45) is 0. The first-order valence-corrected chi connectivity index (χ1v) is 8.35. The van der Waals surface area contributed by atoms with E-state index in [9.17, 15) is 13.2 Å². The van der Waals surface area contributed by atoms with E-state index in [1.165, 1.54) is 25.1 Å². The molecule has 0 atom stereocenters. The lowest BCUT2D eigenvalue weighted by Crippen LogP contribution is -2.39. The molecule has 0 aliphatic heterocycles. The van der Waals surface area contributed by atoms with Crippen LogP contribution in [0.15, 0.2) is 15.6 Å². The maximum atomic E-state index is 12.5. The van der Waals surface area contributed by atoms with Crippen LogP contribution in [0.3, 0.4) is 0 Å². The van der Waals surface area contributed by atoms with E-state index >= 15 is 0 Å². The molecule has 0 aliphatic rings. The molecule has 0 spiro atoms. The lowest BCUT2D eigenvalue weighted by atomic mass is 9.93. The van der Waals surface area contributed by atoms with Crippen molar-refractivity contribution in [3.05, 3.63) is 17.4 Å². The van der Waals surface area contributed by atoms with Crippen LogP contribution in [0.25, 0.3) is 0 Å². The number of hydrogen-bond donors (Lipinski definition) is 1. The van der Waals surface area contributed by atoms with Crippen molar-refractivity contribution in [2.75, 3.05) is 34.2 Å². The Bertz CT molecular complexity index is 647. The molecule has 7 nitrogen and oxygen atoms in total. The fourth-order valence-corrected chi connectivity index (χ4v) is 2.82. The molecule has 0 aliphatic carbocycles.